The lowest BCUT2D eigenvalue weighted by Crippen LogP contribution is -2.56. The number of carbonyl (C=O) groups excluding carboxylic acids is 2. The van der Waals surface area contributed by atoms with Crippen LogP contribution in [0.5, 0.6) is 11.5 Å². The number of hydrogen-bond acceptors (Lipinski definition) is 8. The van der Waals surface area contributed by atoms with Gasteiger partial charge in [-0.15, -0.1) is 0 Å². The first kappa shape index (κ1) is 33.7. The standard InChI is InChI=1S/C38H48O8/c1-7-34(41)43-18-32(39)20-45-36-22(3)9-28(10-23(36)4)38(30-14-26-13-27(16-30)17-31(38)15-26)29-11-24(5)37(25(6)12-29)46-21-33(40)19-44-35(42)8-2/h7-12,26-27,30-33,39-40H,1-2,13-21H2,3-6H3. The fourth-order valence-corrected chi connectivity index (χ4v) is 8.80. The highest BCUT2D eigenvalue weighted by atomic mass is 16.6. The summed E-state index contributed by atoms with van der Waals surface area (Å²) in [6, 6.07) is 9.13. The van der Waals surface area contributed by atoms with E-state index >= 15 is 0 Å². The molecule has 4 fully saturated rings. The molecule has 0 saturated heterocycles. The number of aryl methyl sites for hydroxylation is 4. The van der Waals surface area contributed by atoms with Gasteiger partial charge in [-0.2, -0.15) is 0 Å². The van der Waals surface area contributed by atoms with Crippen molar-refractivity contribution in [2.45, 2.75) is 77.4 Å². The van der Waals surface area contributed by atoms with E-state index in [1.807, 2.05) is 0 Å². The number of carbonyl (C=O) groups is 2. The van der Waals surface area contributed by atoms with Crippen molar-refractivity contribution in [3.63, 3.8) is 0 Å². The number of ether oxygens (including phenoxy) is 4. The number of aliphatic hydroxyl groups excluding tert-OH is 2. The van der Waals surface area contributed by atoms with Gasteiger partial charge >= 0.3 is 11.9 Å². The maximum Gasteiger partial charge on any atom is 0.330 e. The molecule has 2 unspecified atom stereocenters. The van der Waals surface area contributed by atoms with E-state index in [-0.39, 0.29) is 31.8 Å². The van der Waals surface area contributed by atoms with Gasteiger partial charge < -0.3 is 29.2 Å². The molecule has 4 bridgehead atoms. The van der Waals surface area contributed by atoms with Gasteiger partial charge in [0.2, 0.25) is 0 Å². The third kappa shape index (κ3) is 6.74. The first-order valence-electron chi connectivity index (χ1n) is 16.4. The number of hydrogen-bond donors (Lipinski definition) is 2. The zero-order valence-electron chi connectivity index (χ0n) is 27.6. The predicted octanol–water partition coefficient (Wildman–Crippen LogP) is 5.60. The van der Waals surface area contributed by atoms with Crippen molar-refractivity contribution in [3.8, 4) is 11.5 Å². The molecule has 2 aromatic rings. The Morgan fingerprint density at radius 1 is 0.696 bits per heavy atom. The molecule has 0 spiro atoms. The molecule has 2 atom stereocenters. The molecule has 0 amide bonds. The summed E-state index contributed by atoms with van der Waals surface area (Å²) < 4.78 is 22.1. The van der Waals surface area contributed by atoms with Crippen molar-refractivity contribution in [1.82, 2.24) is 0 Å². The van der Waals surface area contributed by atoms with Gasteiger partial charge in [0.25, 0.3) is 0 Å². The van der Waals surface area contributed by atoms with Crippen LogP contribution in [0.25, 0.3) is 0 Å². The molecule has 6 rings (SSSR count). The van der Waals surface area contributed by atoms with Crippen molar-refractivity contribution in [1.29, 1.82) is 0 Å². The van der Waals surface area contributed by atoms with Crippen molar-refractivity contribution in [2.75, 3.05) is 26.4 Å². The first-order valence-corrected chi connectivity index (χ1v) is 16.4. The highest BCUT2D eigenvalue weighted by Crippen LogP contribution is 2.65. The van der Waals surface area contributed by atoms with E-state index in [1.54, 1.807) is 0 Å². The molecule has 4 aliphatic carbocycles. The highest BCUT2D eigenvalue weighted by Gasteiger charge is 2.58. The minimum atomic E-state index is -0.951. The maximum atomic E-state index is 11.4. The molecule has 4 saturated carbocycles. The summed E-state index contributed by atoms with van der Waals surface area (Å²) in [7, 11) is 0. The molecule has 46 heavy (non-hydrogen) atoms. The van der Waals surface area contributed by atoms with Crippen LogP contribution in [0.4, 0.5) is 0 Å². The molecule has 2 N–H and O–H groups in total. The number of aliphatic hydroxyl groups is 2. The molecular weight excluding hydrogens is 584 g/mol. The smallest absolute Gasteiger partial charge is 0.330 e. The fraction of sp³-hybridized carbons (Fsp3) is 0.526. The summed E-state index contributed by atoms with van der Waals surface area (Å²) in [5.41, 5.74) is 6.53. The second-order valence-corrected chi connectivity index (χ2v) is 13.6. The topological polar surface area (TPSA) is 112 Å². The Hall–Kier alpha value is -3.62. The van der Waals surface area contributed by atoms with E-state index < -0.39 is 24.1 Å². The van der Waals surface area contributed by atoms with Crippen LogP contribution in [0.3, 0.4) is 0 Å². The van der Waals surface area contributed by atoms with E-state index in [0.717, 1.165) is 57.7 Å². The van der Waals surface area contributed by atoms with Crippen molar-refractivity contribution in [2.24, 2.45) is 23.7 Å². The molecule has 4 aliphatic rings. The zero-order chi connectivity index (χ0) is 33.2. The van der Waals surface area contributed by atoms with Gasteiger partial charge in [-0.25, -0.2) is 9.59 Å². The van der Waals surface area contributed by atoms with Gasteiger partial charge in [0.05, 0.1) is 0 Å². The van der Waals surface area contributed by atoms with Crippen molar-refractivity contribution in [3.05, 3.63) is 83.0 Å². The lowest BCUT2D eigenvalue weighted by atomic mass is 9.42. The molecule has 0 radical (unpaired) electrons. The van der Waals surface area contributed by atoms with E-state index in [1.165, 1.54) is 43.2 Å². The first-order chi connectivity index (χ1) is 22.0. The molecular formula is C38H48O8. The minimum absolute atomic E-state index is 0.0104. The van der Waals surface area contributed by atoms with Crippen LogP contribution < -0.4 is 9.47 Å². The maximum absolute atomic E-state index is 11.4. The lowest BCUT2D eigenvalue weighted by molar-refractivity contribution is -0.142. The zero-order valence-corrected chi connectivity index (χ0v) is 27.6. The lowest BCUT2D eigenvalue weighted by Gasteiger charge is -2.62. The molecule has 2 aromatic carbocycles. The largest absolute Gasteiger partial charge is 0.490 e. The number of benzene rings is 2. The molecule has 0 aliphatic heterocycles. The van der Waals surface area contributed by atoms with Gasteiger partial charge in [0.15, 0.2) is 0 Å². The normalized spacial score (nSPS) is 25.8. The molecule has 8 heteroatoms. The van der Waals surface area contributed by atoms with Crippen LogP contribution in [0.2, 0.25) is 0 Å². The summed E-state index contributed by atoms with van der Waals surface area (Å²) >= 11 is 0. The van der Waals surface area contributed by atoms with Gasteiger partial charge in [-0.3, -0.25) is 0 Å². The van der Waals surface area contributed by atoms with Crippen molar-refractivity contribution >= 4 is 11.9 Å². The Balaban J connectivity index is 1.44. The summed E-state index contributed by atoms with van der Waals surface area (Å²) in [6.07, 6.45) is 6.50. The van der Waals surface area contributed by atoms with Gasteiger partial charge in [-0.1, -0.05) is 37.4 Å². The SMILES string of the molecule is C=CC(=O)OCC(O)COc1c(C)cc(C2(c3cc(C)c(OCC(O)COC(=O)C=C)c(C)c3)C3CC4CC(C3)CC2C4)cc1C. The summed E-state index contributed by atoms with van der Waals surface area (Å²) in [4.78, 5) is 22.8. The molecule has 248 valence electrons. The van der Waals surface area contributed by atoms with Crippen LogP contribution in [-0.2, 0) is 24.5 Å². The Labute approximate surface area is 272 Å². The van der Waals surface area contributed by atoms with Crippen LogP contribution in [0.15, 0.2) is 49.6 Å². The average Bonchev–Trinajstić information content (AvgIpc) is 3.01. The Morgan fingerprint density at radius 3 is 1.37 bits per heavy atom. The molecule has 8 nitrogen and oxygen atoms in total. The van der Waals surface area contributed by atoms with Crippen LogP contribution >= 0.6 is 0 Å². The van der Waals surface area contributed by atoms with E-state index in [2.05, 4.69) is 65.1 Å². The summed E-state index contributed by atoms with van der Waals surface area (Å²) in [6.45, 7) is 14.7. The Morgan fingerprint density at radius 2 is 1.04 bits per heavy atom. The van der Waals surface area contributed by atoms with Gasteiger partial charge in [0.1, 0.15) is 50.1 Å². The van der Waals surface area contributed by atoms with Crippen LogP contribution in [0.1, 0.15) is 65.5 Å². The second kappa shape index (κ2) is 14.0. The summed E-state index contributed by atoms with van der Waals surface area (Å²) in [5, 5.41) is 20.7. The van der Waals surface area contributed by atoms with Gasteiger partial charge in [-0.05, 0) is 117 Å². The monoisotopic (exact) mass is 632 g/mol. The summed E-state index contributed by atoms with van der Waals surface area (Å²) in [5.74, 6) is 2.97. The van der Waals surface area contributed by atoms with Crippen LogP contribution in [0, 0.1) is 51.4 Å². The average molecular weight is 633 g/mol. The third-order valence-corrected chi connectivity index (χ3v) is 10.3. The number of rotatable bonds is 14. The highest BCUT2D eigenvalue weighted by molar-refractivity contribution is 5.81. The Kier molecular flexibility index (Phi) is 10.3. The van der Waals surface area contributed by atoms with E-state index in [0.29, 0.717) is 11.8 Å². The third-order valence-electron chi connectivity index (χ3n) is 10.3. The fourth-order valence-electron chi connectivity index (χ4n) is 8.80. The number of esters is 2. The Bertz CT molecular complexity index is 1310. The van der Waals surface area contributed by atoms with Crippen LogP contribution in [-0.4, -0.2) is 60.8 Å². The van der Waals surface area contributed by atoms with E-state index in [9.17, 15) is 19.8 Å². The van der Waals surface area contributed by atoms with E-state index in [4.69, 9.17) is 18.9 Å². The molecule has 0 heterocycles. The second-order valence-electron chi connectivity index (χ2n) is 13.6. The quantitative estimate of drug-likeness (QED) is 0.205. The predicted molar refractivity (Wildman–Crippen MR) is 175 cm³/mol. The molecule has 0 aromatic heterocycles. The van der Waals surface area contributed by atoms with Crippen molar-refractivity contribution < 1.29 is 38.7 Å². The van der Waals surface area contributed by atoms with Gasteiger partial charge in [0, 0.05) is 17.6 Å². The minimum Gasteiger partial charge on any atom is -0.490 e.